The lowest BCUT2D eigenvalue weighted by Crippen LogP contribution is -2.50. The zero-order valence-electron chi connectivity index (χ0n) is 21.2. The number of methoxy groups -OCH3 is 1. The highest BCUT2D eigenvalue weighted by atomic mass is 32.1. The molecule has 4 heterocycles. The highest BCUT2D eigenvalue weighted by Crippen LogP contribution is 2.48. The predicted octanol–water partition coefficient (Wildman–Crippen LogP) is 5.11. The van der Waals surface area contributed by atoms with Crippen molar-refractivity contribution in [3.8, 4) is 17.1 Å². The fraction of sp³-hybridized carbons (Fsp3) is 0.556. The van der Waals surface area contributed by atoms with Crippen molar-refractivity contribution in [1.29, 1.82) is 0 Å². The van der Waals surface area contributed by atoms with Crippen molar-refractivity contribution in [3.63, 3.8) is 0 Å². The number of ether oxygens (including phenoxy) is 1. The number of benzene rings is 1. The van der Waals surface area contributed by atoms with Crippen LogP contribution in [0.15, 0.2) is 30.6 Å². The number of aromatic nitrogens is 3. The molecule has 3 atom stereocenters. The van der Waals surface area contributed by atoms with E-state index in [2.05, 4.69) is 53.8 Å². The Morgan fingerprint density at radius 3 is 2.53 bits per heavy atom. The standard InChI is InChI=1S/C27H33N5O3S/c1-27(2,3)23-10-17-13-31(14-21(17)32(23)26(33)34)19-7-16(8-19)24-30-20-6-5-15(9-22(20)36-24)18-11-28-25(35-4)29-12-18/h5-6,9,11-12,16-17,19,21,23H,7-8,10,13-14H2,1-4H3,(H,33,34)/t16-,17-,19+,21+,23?/m1/s1. The average molecular weight is 508 g/mol. The molecule has 0 radical (unpaired) electrons. The van der Waals surface area contributed by atoms with Crippen LogP contribution >= 0.6 is 11.3 Å². The number of fused-ring (bicyclic) bond motifs is 2. The summed E-state index contributed by atoms with van der Waals surface area (Å²) in [5.41, 5.74) is 3.05. The predicted molar refractivity (Wildman–Crippen MR) is 140 cm³/mol. The van der Waals surface area contributed by atoms with Crippen LogP contribution in [0.4, 0.5) is 4.79 Å². The Morgan fingerprint density at radius 1 is 1.11 bits per heavy atom. The molecule has 1 N–H and O–H groups in total. The molecule has 1 amide bonds. The summed E-state index contributed by atoms with van der Waals surface area (Å²) in [7, 11) is 1.56. The van der Waals surface area contributed by atoms with Crippen molar-refractivity contribution in [1.82, 2.24) is 24.8 Å². The van der Waals surface area contributed by atoms with E-state index in [1.807, 2.05) is 0 Å². The van der Waals surface area contributed by atoms with Crippen molar-refractivity contribution in [3.05, 3.63) is 35.6 Å². The van der Waals surface area contributed by atoms with E-state index >= 15 is 0 Å². The molecule has 0 bridgehead atoms. The number of hydrogen-bond donors (Lipinski definition) is 1. The maximum absolute atomic E-state index is 12.1. The van der Waals surface area contributed by atoms with Gasteiger partial charge in [-0.25, -0.2) is 19.7 Å². The lowest BCUT2D eigenvalue weighted by molar-refractivity contribution is 0.0691. The van der Waals surface area contributed by atoms with Crippen LogP contribution in [0.1, 0.15) is 51.0 Å². The van der Waals surface area contributed by atoms with Crippen LogP contribution in [0, 0.1) is 11.3 Å². The molecule has 1 saturated carbocycles. The SMILES string of the molecule is COc1ncc(-c2ccc3nc([C@H]4C[C@@H](N5C[C@H]6CC(C(C)(C)C)N(C(=O)O)[C@H]6C5)C4)sc3c2)cn1. The fourth-order valence-corrected chi connectivity index (χ4v) is 7.50. The molecule has 1 unspecified atom stereocenters. The van der Waals surface area contributed by atoms with Gasteiger partial charge in [-0.05, 0) is 48.3 Å². The molecule has 2 saturated heterocycles. The van der Waals surface area contributed by atoms with Gasteiger partial charge in [0, 0.05) is 49.0 Å². The third kappa shape index (κ3) is 4.02. The van der Waals surface area contributed by atoms with Crippen LogP contribution in [-0.4, -0.2) is 74.3 Å². The molecule has 6 rings (SSSR count). The minimum atomic E-state index is -0.759. The van der Waals surface area contributed by atoms with Gasteiger partial charge in [-0.15, -0.1) is 11.3 Å². The van der Waals surface area contributed by atoms with E-state index in [1.54, 1.807) is 35.7 Å². The van der Waals surface area contributed by atoms with Crippen molar-refractivity contribution < 1.29 is 14.6 Å². The second-order valence-corrected chi connectivity index (χ2v) is 12.7. The maximum atomic E-state index is 12.1. The van der Waals surface area contributed by atoms with Gasteiger partial charge in [0.25, 0.3) is 0 Å². The van der Waals surface area contributed by atoms with Crippen molar-refractivity contribution in [2.24, 2.45) is 11.3 Å². The zero-order chi connectivity index (χ0) is 25.2. The molecule has 9 heteroatoms. The van der Waals surface area contributed by atoms with Crippen LogP contribution in [0.5, 0.6) is 6.01 Å². The summed E-state index contributed by atoms with van der Waals surface area (Å²) in [6, 6.07) is 7.47. The minimum Gasteiger partial charge on any atom is -0.467 e. The first-order chi connectivity index (χ1) is 17.2. The zero-order valence-corrected chi connectivity index (χ0v) is 22.0. The molecule has 190 valence electrons. The van der Waals surface area contributed by atoms with E-state index in [0.29, 0.717) is 23.9 Å². The first-order valence-corrected chi connectivity index (χ1v) is 13.5. The molecular weight excluding hydrogens is 474 g/mol. The fourth-order valence-electron chi connectivity index (χ4n) is 6.36. The summed E-state index contributed by atoms with van der Waals surface area (Å²) in [5, 5.41) is 11.2. The Bertz CT molecular complexity index is 1280. The van der Waals surface area contributed by atoms with E-state index in [4.69, 9.17) is 9.72 Å². The van der Waals surface area contributed by atoms with Crippen LogP contribution in [-0.2, 0) is 0 Å². The Morgan fingerprint density at radius 2 is 1.86 bits per heavy atom. The number of carbonyl (C=O) groups is 1. The summed E-state index contributed by atoms with van der Waals surface area (Å²) in [4.78, 5) is 29.8. The van der Waals surface area contributed by atoms with Crippen LogP contribution in [0.25, 0.3) is 21.3 Å². The maximum Gasteiger partial charge on any atom is 0.407 e. The molecular formula is C27H33N5O3S. The Hall–Kier alpha value is -2.78. The van der Waals surface area contributed by atoms with Crippen molar-refractivity contribution in [2.45, 2.75) is 64.1 Å². The third-order valence-electron chi connectivity index (χ3n) is 8.40. The number of carboxylic acid groups (broad SMARTS) is 1. The Labute approximate surface area is 215 Å². The first kappa shape index (κ1) is 23.6. The van der Waals surface area contributed by atoms with Gasteiger partial charge in [-0.3, -0.25) is 4.90 Å². The number of amides is 1. The van der Waals surface area contributed by atoms with E-state index in [1.165, 1.54) is 9.71 Å². The molecule has 2 aromatic heterocycles. The van der Waals surface area contributed by atoms with Gasteiger partial charge < -0.3 is 14.7 Å². The first-order valence-electron chi connectivity index (χ1n) is 12.7. The minimum absolute atomic E-state index is 0.0256. The van der Waals surface area contributed by atoms with Crippen LogP contribution in [0.2, 0.25) is 0 Å². The highest BCUT2D eigenvalue weighted by molar-refractivity contribution is 7.18. The summed E-state index contributed by atoms with van der Waals surface area (Å²) < 4.78 is 6.25. The van der Waals surface area contributed by atoms with Crippen molar-refractivity contribution >= 4 is 27.6 Å². The number of thiazole rings is 1. The summed E-state index contributed by atoms with van der Waals surface area (Å²) >= 11 is 1.79. The molecule has 1 aromatic carbocycles. The normalized spacial score (nSPS) is 28.3. The quantitative estimate of drug-likeness (QED) is 0.525. The van der Waals surface area contributed by atoms with Gasteiger partial charge in [0.15, 0.2) is 0 Å². The smallest absolute Gasteiger partial charge is 0.407 e. The average Bonchev–Trinajstić information content (AvgIpc) is 3.49. The van der Waals surface area contributed by atoms with Gasteiger partial charge in [0.2, 0.25) is 0 Å². The van der Waals surface area contributed by atoms with E-state index < -0.39 is 6.09 Å². The lowest BCUT2D eigenvalue weighted by Gasteiger charge is -2.42. The molecule has 36 heavy (non-hydrogen) atoms. The number of rotatable bonds is 4. The second-order valence-electron chi connectivity index (χ2n) is 11.6. The molecule has 8 nitrogen and oxygen atoms in total. The summed E-state index contributed by atoms with van der Waals surface area (Å²) in [6.07, 6.45) is 6.00. The van der Waals surface area contributed by atoms with Gasteiger partial charge in [0.05, 0.1) is 28.4 Å². The van der Waals surface area contributed by atoms with Gasteiger partial charge >= 0.3 is 12.1 Å². The molecule has 2 aliphatic heterocycles. The molecule has 1 aliphatic carbocycles. The Kier molecular flexibility index (Phi) is 5.68. The molecule has 0 spiro atoms. The largest absolute Gasteiger partial charge is 0.467 e. The van der Waals surface area contributed by atoms with E-state index in [-0.39, 0.29) is 17.5 Å². The van der Waals surface area contributed by atoms with E-state index in [9.17, 15) is 9.90 Å². The highest BCUT2D eigenvalue weighted by Gasteiger charge is 2.53. The third-order valence-corrected chi connectivity index (χ3v) is 9.58. The number of hydrogen-bond acceptors (Lipinski definition) is 7. The molecule has 3 aliphatic rings. The lowest BCUT2D eigenvalue weighted by atomic mass is 9.79. The topological polar surface area (TPSA) is 91.7 Å². The Balaban J connectivity index is 1.11. The van der Waals surface area contributed by atoms with Gasteiger partial charge in [0.1, 0.15) is 0 Å². The van der Waals surface area contributed by atoms with Crippen LogP contribution in [0.3, 0.4) is 0 Å². The van der Waals surface area contributed by atoms with E-state index in [0.717, 1.165) is 49.0 Å². The molecule has 3 aromatic rings. The number of likely N-dealkylation sites (tertiary alicyclic amines) is 2. The second kappa shape index (κ2) is 8.66. The summed E-state index contributed by atoms with van der Waals surface area (Å²) in [6.45, 7) is 8.37. The van der Waals surface area contributed by atoms with Crippen molar-refractivity contribution in [2.75, 3.05) is 20.2 Å². The van der Waals surface area contributed by atoms with Gasteiger partial charge in [-0.1, -0.05) is 26.8 Å². The summed E-state index contributed by atoms with van der Waals surface area (Å²) in [5.74, 6) is 0.936. The monoisotopic (exact) mass is 507 g/mol. The number of nitrogens with zero attached hydrogens (tertiary/aromatic N) is 5. The molecule has 3 fully saturated rings. The van der Waals surface area contributed by atoms with Gasteiger partial charge in [-0.2, -0.15) is 0 Å². The van der Waals surface area contributed by atoms with Crippen LogP contribution < -0.4 is 4.74 Å².